The number of hydrogen-bond acceptors (Lipinski definition) is 3. The fourth-order valence-electron chi connectivity index (χ4n) is 3.12. The number of rotatable bonds is 4. The van der Waals surface area contributed by atoms with Gasteiger partial charge in [0.15, 0.2) is 5.75 Å². The van der Waals surface area contributed by atoms with Crippen LogP contribution in [-0.4, -0.2) is 23.5 Å². The lowest BCUT2D eigenvalue weighted by Crippen LogP contribution is -2.35. The molecule has 0 radical (unpaired) electrons. The Morgan fingerprint density at radius 3 is 2.26 bits per heavy atom. The van der Waals surface area contributed by atoms with Gasteiger partial charge in [-0.2, -0.15) is 0 Å². The molecule has 1 aromatic rings. The molecule has 0 saturated heterocycles. The smallest absolute Gasteiger partial charge is 0.255 e. The number of phenols is 1. The summed E-state index contributed by atoms with van der Waals surface area (Å²) >= 11 is 0. The monoisotopic (exact) mass is 318 g/mol. The van der Waals surface area contributed by atoms with Crippen molar-refractivity contribution in [3.63, 3.8) is 0 Å². The minimum Gasteiger partial charge on any atom is -0.505 e. The average Bonchev–Trinajstić information content (AvgIpc) is 2.55. The maximum absolute atomic E-state index is 12.5. The third-order valence-corrected chi connectivity index (χ3v) is 4.44. The molecule has 2 rings (SSSR count). The number of benzene rings is 1. The van der Waals surface area contributed by atoms with Crippen molar-refractivity contribution in [2.24, 2.45) is 0 Å². The van der Waals surface area contributed by atoms with Crippen molar-refractivity contribution in [2.45, 2.75) is 63.8 Å². The molecular formula is C18H26N2O3. The van der Waals surface area contributed by atoms with Crippen LogP contribution in [0, 0.1) is 0 Å². The van der Waals surface area contributed by atoms with Gasteiger partial charge in [0.25, 0.3) is 5.91 Å². The third-order valence-electron chi connectivity index (χ3n) is 4.44. The Morgan fingerprint density at radius 2 is 1.65 bits per heavy atom. The Hall–Kier alpha value is -2.04. The van der Waals surface area contributed by atoms with Crippen LogP contribution in [0.3, 0.4) is 0 Å². The van der Waals surface area contributed by atoms with E-state index in [2.05, 4.69) is 10.6 Å². The number of amides is 2. The van der Waals surface area contributed by atoms with Gasteiger partial charge >= 0.3 is 0 Å². The number of carbonyl (C=O) groups excluding carboxylic acids is 2. The predicted molar refractivity (Wildman–Crippen MR) is 90.6 cm³/mol. The van der Waals surface area contributed by atoms with Gasteiger partial charge in [0, 0.05) is 6.04 Å². The first-order valence-corrected chi connectivity index (χ1v) is 8.55. The Kier molecular flexibility index (Phi) is 6.91. The highest BCUT2D eigenvalue weighted by molar-refractivity contribution is 5.99. The molecule has 2 amide bonds. The molecule has 1 fully saturated rings. The van der Waals surface area contributed by atoms with Gasteiger partial charge in [-0.3, -0.25) is 9.59 Å². The van der Waals surface area contributed by atoms with E-state index in [4.69, 9.17) is 0 Å². The largest absolute Gasteiger partial charge is 0.505 e. The zero-order valence-electron chi connectivity index (χ0n) is 13.5. The van der Waals surface area contributed by atoms with Gasteiger partial charge in [0.1, 0.15) is 0 Å². The minimum atomic E-state index is -0.279. The molecule has 1 aliphatic carbocycles. The lowest BCUT2D eigenvalue weighted by atomic mass is 9.97. The molecule has 1 saturated carbocycles. The lowest BCUT2D eigenvalue weighted by Gasteiger charge is -2.20. The summed E-state index contributed by atoms with van der Waals surface area (Å²) in [4.78, 5) is 23.0. The van der Waals surface area contributed by atoms with Gasteiger partial charge in [0.05, 0.1) is 11.3 Å². The second-order valence-corrected chi connectivity index (χ2v) is 6.19. The molecule has 23 heavy (non-hydrogen) atoms. The first kappa shape index (κ1) is 17.3. The van der Waals surface area contributed by atoms with Crippen LogP contribution in [0.25, 0.3) is 0 Å². The number of anilines is 1. The van der Waals surface area contributed by atoms with Gasteiger partial charge in [-0.1, -0.05) is 51.0 Å². The van der Waals surface area contributed by atoms with Crippen LogP contribution in [0.2, 0.25) is 0 Å². The number of carbonyl (C=O) groups is 2. The SMILES string of the molecule is O=CNc1cccc(C(=O)NC2CCCCCCCCC2)c1O. The number of para-hydroxylation sites is 1. The van der Waals surface area contributed by atoms with Crippen molar-refractivity contribution < 1.29 is 14.7 Å². The zero-order valence-corrected chi connectivity index (χ0v) is 13.5. The van der Waals surface area contributed by atoms with Crippen molar-refractivity contribution in [1.29, 1.82) is 0 Å². The molecule has 3 N–H and O–H groups in total. The Bertz CT molecular complexity index is 521. The molecule has 0 aliphatic heterocycles. The first-order chi connectivity index (χ1) is 11.2. The highest BCUT2D eigenvalue weighted by atomic mass is 16.3. The maximum atomic E-state index is 12.5. The molecule has 0 spiro atoms. The Labute approximate surface area is 137 Å². The van der Waals surface area contributed by atoms with E-state index in [0.29, 0.717) is 6.41 Å². The molecular weight excluding hydrogens is 292 g/mol. The number of hydrogen-bond donors (Lipinski definition) is 3. The van der Waals surface area contributed by atoms with Crippen LogP contribution in [0.5, 0.6) is 5.75 Å². The molecule has 5 nitrogen and oxygen atoms in total. The van der Waals surface area contributed by atoms with Crippen LogP contribution >= 0.6 is 0 Å². The van der Waals surface area contributed by atoms with Crippen molar-refractivity contribution in [1.82, 2.24) is 5.32 Å². The van der Waals surface area contributed by atoms with E-state index < -0.39 is 0 Å². The standard InChI is InChI=1S/C18H26N2O3/c21-13-19-16-12-8-11-15(17(16)22)18(23)20-14-9-6-4-2-1-3-5-7-10-14/h8,11-14,22H,1-7,9-10H2,(H,19,21)(H,20,23). The molecule has 1 aliphatic rings. The van der Waals surface area contributed by atoms with E-state index in [1.165, 1.54) is 32.1 Å². The van der Waals surface area contributed by atoms with Crippen LogP contribution in [0.15, 0.2) is 18.2 Å². The Balaban J connectivity index is 2.01. The number of nitrogens with one attached hydrogen (secondary N) is 2. The van der Waals surface area contributed by atoms with E-state index in [1.54, 1.807) is 18.2 Å². The second kappa shape index (κ2) is 9.18. The summed E-state index contributed by atoms with van der Waals surface area (Å²) in [7, 11) is 0. The summed E-state index contributed by atoms with van der Waals surface area (Å²) in [6.45, 7) is 0. The first-order valence-electron chi connectivity index (χ1n) is 8.55. The molecule has 0 bridgehead atoms. The van der Waals surface area contributed by atoms with Gasteiger partial charge in [-0.15, -0.1) is 0 Å². The molecule has 0 unspecified atom stereocenters. The van der Waals surface area contributed by atoms with E-state index in [0.717, 1.165) is 25.7 Å². The van der Waals surface area contributed by atoms with Crippen molar-refractivity contribution in [3.8, 4) is 5.75 Å². The highest BCUT2D eigenvalue weighted by Gasteiger charge is 2.18. The minimum absolute atomic E-state index is 0.155. The molecule has 0 heterocycles. The maximum Gasteiger partial charge on any atom is 0.255 e. The summed E-state index contributed by atoms with van der Waals surface area (Å²) in [6.07, 6.45) is 11.0. The lowest BCUT2D eigenvalue weighted by molar-refractivity contribution is -0.105. The van der Waals surface area contributed by atoms with Gasteiger partial charge < -0.3 is 15.7 Å². The summed E-state index contributed by atoms with van der Waals surface area (Å²) in [5, 5.41) is 15.6. The van der Waals surface area contributed by atoms with Gasteiger partial charge in [0.2, 0.25) is 6.41 Å². The van der Waals surface area contributed by atoms with E-state index in [-0.39, 0.29) is 28.9 Å². The summed E-state index contributed by atoms with van der Waals surface area (Å²) in [5.41, 5.74) is 0.451. The molecule has 1 aromatic carbocycles. The average molecular weight is 318 g/mol. The van der Waals surface area contributed by atoms with Gasteiger partial charge in [-0.05, 0) is 25.0 Å². The fraction of sp³-hybridized carbons (Fsp3) is 0.556. The van der Waals surface area contributed by atoms with E-state index in [1.807, 2.05) is 0 Å². The van der Waals surface area contributed by atoms with Crippen LogP contribution < -0.4 is 10.6 Å². The predicted octanol–water partition coefficient (Wildman–Crippen LogP) is 3.58. The molecule has 5 heteroatoms. The molecule has 0 aromatic heterocycles. The van der Waals surface area contributed by atoms with Crippen molar-refractivity contribution in [2.75, 3.05) is 5.32 Å². The summed E-state index contributed by atoms with van der Waals surface area (Å²) in [6, 6.07) is 4.93. The quantitative estimate of drug-likeness (QED) is 0.586. The fourth-order valence-corrected chi connectivity index (χ4v) is 3.12. The summed E-state index contributed by atoms with van der Waals surface area (Å²) in [5.74, 6) is -0.462. The van der Waals surface area contributed by atoms with Crippen molar-refractivity contribution >= 4 is 18.0 Å². The van der Waals surface area contributed by atoms with E-state index in [9.17, 15) is 14.7 Å². The number of phenolic OH excluding ortho intramolecular Hbond substituents is 1. The van der Waals surface area contributed by atoms with Crippen LogP contribution in [-0.2, 0) is 4.79 Å². The second-order valence-electron chi connectivity index (χ2n) is 6.19. The topological polar surface area (TPSA) is 78.4 Å². The molecule has 0 atom stereocenters. The highest BCUT2D eigenvalue weighted by Crippen LogP contribution is 2.27. The van der Waals surface area contributed by atoms with Crippen LogP contribution in [0.4, 0.5) is 5.69 Å². The van der Waals surface area contributed by atoms with Gasteiger partial charge in [-0.25, -0.2) is 0 Å². The van der Waals surface area contributed by atoms with Crippen LogP contribution in [0.1, 0.15) is 68.1 Å². The summed E-state index contributed by atoms with van der Waals surface area (Å²) < 4.78 is 0. The third kappa shape index (κ3) is 5.27. The zero-order chi connectivity index (χ0) is 16.5. The normalized spacial score (nSPS) is 17.2. The number of aromatic hydroxyl groups is 1. The Morgan fingerprint density at radius 1 is 1.04 bits per heavy atom. The molecule has 126 valence electrons. The van der Waals surface area contributed by atoms with E-state index >= 15 is 0 Å². The van der Waals surface area contributed by atoms with Crippen molar-refractivity contribution in [3.05, 3.63) is 23.8 Å².